The maximum absolute atomic E-state index is 5.74. The first kappa shape index (κ1) is 14.2. The minimum absolute atomic E-state index is 0.352. The van der Waals surface area contributed by atoms with E-state index in [1.807, 2.05) is 0 Å². The first-order valence-corrected chi connectivity index (χ1v) is 5.92. The van der Waals surface area contributed by atoms with Gasteiger partial charge in [0.15, 0.2) is 5.96 Å². The van der Waals surface area contributed by atoms with Gasteiger partial charge in [-0.05, 0) is 26.4 Å². The van der Waals surface area contributed by atoms with Crippen molar-refractivity contribution in [3.63, 3.8) is 0 Å². The lowest BCUT2D eigenvalue weighted by molar-refractivity contribution is 0.281. The highest BCUT2D eigenvalue weighted by atomic mass is 15.2. The van der Waals surface area contributed by atoms with Crippen molar-refractivity contribution in [1.82, 2.24) is 10.2 Å². The molecule has 0 bridgehead atoms. The second-order valence-corrected chi connectivity index (χ2v) is 3.80. The van der Waals surface area contributed by atoms with Crippen LogP contribution >= 0.6 is 0 Å². The van der Waals surface area contributed by atoms with E-state index in [2.05, 4.69) is 42.9 Å². The van der Waals surface area contributed by atoms with Crippen molar-refractivity contribution in [3.8, 4) is 0 Å². The van der Waals surface area contributed by atoms with Crippen LogP contribution in [0, 0.1) is 0 Å². The summed E-state index contributed by atoms with van der Waals surface area (Å²) in [6.45, 7) is 12.5. The van der Waals surface area contributed by atoms with E-state index >= 15 is 0 Å². The molecule has 15 heavy (non-hydrogen) atoms. The van der Waals surface area contributed by atoms with Gasteiger partial charge in [0.05, 0.1) is 0 Å². The maximum atomic E-state index is 5.74. The largest absolute Gasteiger partial charge is 0.370 e. The van der Waals surface area contributed by atoms with Gasteiger partial charge in [-0.2, -0.15) is 0 Å². The van der Waals surface area contributed by atoms with Crippen LogP contribution in [0.3, 0.4) is 0 Å². The Balaban J connectivity index is 3.85. The molecule has 0 aromatic carbocycles. The summed E-state index contributed by atoms with van der Waals surface area (Å²) in [5.41, 5.74) is 5.74. The predicted octanol–water partition coefficient (Wildman–Crippen LogP) is 1.03. The SMILES string of the molecule is CCCN=C(N)NC(C)CN(CC)CC. The van der Waals surface area contributed by atoms with Gasteiger partial charge in [0.2, 0.25) is 0 Å². The summed E-state index contributed by atoms with van der Waals surface area (Å²) in [6, 6.07) is 0.352. The van der Waals surface area contributed by atoms with Gasteiger partial charge in [-0.15, -0.1) is 0 Å². The van der Waals surface area contributed by atoms with Gasteiger partial charge in [0, 0.05) is 19.1 Å². The van der Waals surface area contributed by atoms with Crippen LogP contribution in [0.4, 0.5) is 0 Å². The molecule has 3 N–H and O–H groups in total. The second-order valence-electron chi connectivity index (χ2n) is 3.80. The van der Waals surface area contributed by atoms with Gasteiger partial charge < -0.3 is 16.0 Å². The fourth-order valence-corrected chi connectivity index (χ4v) is 1.45. The monoisotopic (exact) mass is 214 g/mol. The molecule has 0 aliphatic carbocycles. The smallest absolute Gasteiger partial charge is 0.188 e. The van der Waals surface area contributed by atoms with Crippen LogP contribution in [0.25, 0.3) is 0 Å². The molecule has 0 spiro atoms. The normalized spacial score (nSPS) is 14.3. The Bertz CT molecular complexity index is 175. The fourth-order valence-electron chi connectivity index (χ4n) is 1.45. The fraction of sp³-hybridized carbons (Fsp3) is 0.909. The lowest BCUT2D eigenvalue weighted by Gasteiger charge is -2.23. The molecule has 1 unspecified atom stereocenters. The van der Waals surface area contributed by atoms with E-state index in [9.17, 15) is 0 Å². The van der Waals surface area contributed by atoms with Gasteiger partial charge >= 0.3 is 0 Å². The number of rotatable bonds is 7. The Kier molecular flexibility index (Phi) is 8.09. The number of nitrogens with two attached hydrogens (primary N) is 1. The van der Waals surface area contributed by atoms with E-state index in [1.165, 1.54) is 0 Å². The molecule has 0 saturated heterocycles. The third kappa shape index (κ3) is 7.19. The Morgan fingerprint density at radius 1 is 1.33 bits per heavy atom. The Morgan fingerprint density at radius 2 is 1.93 bits per heavy atom. The Morgan fingerprint density at radius 3 is 2.40 bits per heavy atom. The summed E-state index contributed by atoms with van der Waals surface area (Å²) in [7, 11) is 0. The van der Waals surface area contributed by atoms with Crippen LogP contribution < -0.4 is 11.1 Å². The Hall–Kier alpha value is -0.770. The second kappa shape index (κ2) is 8.53. The summed E-state index contributed by atoms with van der Waals surface area (Å²) < 4.78 is 0. The number of hydrogen-bond donors (Lipinski definition) is 2. The van der Waals surface area contributed by atoms with Gasteiger partial charge in [0.25, 0.3) is 0 Å². The van der Waals surface area contributed by atoms with Crippen molar-refractivity contribution >= 4 is 5.96 Å². The molecule has 4 nitrogen and oxygen atoms in total. The zero-order valence-corrected chi connectivity index (χ0v) is 10.6. The number of nitrogens with one attached hydrogen (secondary N) is 1. The summed E-state index contributed by atoms with van der Waals surface area (Å²) in [4.78, 5) is 6.57. The van der Waals surface area contributed by atoms with Crippen LogP contribution in [0.15, 0.2) is 4.99 Å². The van der Waals surface area contributed by atoms with E-state index in [1.54, 1.807) is 0 Å². The van der Waals surface area contributed by atoms with E-state index in [0.29, 0.717) is 12.0 Å². The highest BCUT2D eigenvalue weighted by Gasteiger charge is 2.06. The highest BCUT2D eigenvalue weighted by molar-refractivity contribution is 5.78. The van der Waals surface area contributed by atoms with Crippen LogP contribution in [0.1, 0.15) is 34.1 Å². The van der Waals surface area contributed by atoms with Crippen LogP contribution in [-0.4, -0.2) is 43.1 Å². The van der Waals surface area contributed by atoms with Gasteiger partial charge in [0.1, 0.15) is 0 Å². The molecule has 4 heteroatoms. The molecule has 0 aromatic heterocycles. The number of likely N-dealkylation sites (N-methyl/N-ethyl adjacent to an activating group) is 1. The van der Waals surface area contributed by atoms with Crippen LogP contribution in [0.2, 0.25) is 0 Å². The molecule has 0 saturated carbocycles. The van der Waals surface area contributed by atoms with Crippen LogP contribution in [0.5, 0.6) is 0 Å². The quantitative estimate of drug-likeness (QED) is 0.491. The summed E-state index contributed by atoms with van der Waals surface area (Å²) in [5, 5.41) is 3.20. The van der Waals surface area contributed by atoms with Crippen molar-refractivity contribution < 1.29 is 0 Å². The van der Waals surface area contributed by atoms with E-state index < -0.39 is 0 Å². The number of aliphatic imine (C=N–C) groups is 1. The molecule has 0 fully saturated rings. The van der Waals surface area contributed by atoms with Crippen molar-refractivity contribution in [2.24, 2.45) is 10.7 Å². The first-order valence-electron chi connectivity index (χ1n) is 5.92. The van der Waals surface area contributed by atoms with Gasteiger partial charge in [-0.25, -0.2) is 0 Å². The predicted molar refractivity (Wildman–Crippen MR) is 67.2 cm³/mol. The first-order chi connectivity index (χ1) is 7.13. The number of hydrogen-bond acceptors (Lipinski definition) is 2. The molecule has 0 radical (unpaired) electrons. The van der Waals surface area contributed by atoms with Crippen molar-refractivity contribution in [3.05, 3.63) is 0 Å². The molecule has 0 amide bonds. The Labute approximate surface area is 93.9 Å². The minimum atomic E-state index is 0.352. The molecular weight excluding hydrogens is 188 g/mol. The molecule has 1 atom stereocenters. The standard InChI is InChI=1S/C11H26N4/c1-5-8-13-11(12)14-10(4)9-15(6-2)7-3/h10H,5-9H2,1-4H3,(H3,12,13,14). The zero-order chi connectivity index (χ0) is 11.7. The van der Waals surface area contributed by atoms with E-state index in [-0.39, 0.29) is 0 Å². The number of guanidine groups is 1. The van der Waals surface area contributed by atoms with E-state index in [4.69, 9.17) is 5.73 Å². The lowest BCUT2D eigenvalue weighted by atomic mass is 10.3. The minimum Gasteiger partial charge on any atom is -0.370 e. The van der Waals surface area contributed by atoms with Gasteiger partial charge in [-0.3, -0.25) is 4.99 Å². The summed E-state index contributed by atoms with van der Waals surface area (Å²) in [5.74, 6) is 0.566. The molecule has 0 aliphatic rings. The maximum Gasteiger partial charge on any atom is 0.188 e. The molecule has 0 rings (SSSR count). The van der Waals surface area contributed by atoms with Gasteiger partial charge in [-0.1, -0.05) is 20.8 Å². The molecule has 90 valence electrons. The molecule has 0 aliphatic heterocycles. The average Bonchev–Trinajstić information content (AvgIpc) is 2.22. The van der Waals surface area contributed by atoms with Crippen molar-refractivity contribution in [2.75, 3.05) is 26.2 Å². The highest BCUT2D eigenvalue weighted by Crippen LogP contribution is 1.91. The summed E-state index contributed by atoms with van der Waals surface area (Å²) >= 11 is 0. The molecule has 0 heterocycles. The molecular formula is C11H26N4. The zero-order valence-electron chi connectivity index (χ0n) is 10.6. The van der Waals surface area contributed by atoms with Crippen molar-refractivity contribution in [1.29, 1.82) is 0 Å². The third-order valence-corrected chi connectivity index (χ3v) is 2.33. The van der Waals surface area contributed by atoms with E-state index in [0.717, 1.165) is 32.6 Å². The van der Waals surface area contributed by atoms with Crippen LogP contribution in [-0.2, 0) is 0 Å². The topological polar surface area (TPSA) is 53.6 Å². The van der Waals surface area contributed by atoms with Crippen molar-refractivity contribution in [2.45, 2.75) is 40.2 Å². The molecule has 0 aromatic rings. The lowest BCUT2D eigenvalue weighted by Crippen LogP contribution is -2.45. The average molecular weight is 214 g/mol. The number of nitrogens with zero attached hydrogens (tertiary/aromatic N) is 2. The summed E-state index contributed by atoms with van der Waals surface area (Å²) in [6.07, 6.45) is 1.03. The third-order valence-electron chi connectivity index (χ3n) is 2.33.